The van der Waals surface area contributed by atoms with Gasteiger partial charge >= 0.3 is 15.5 Å². The molecule has 1 saturated carbocycles. The second kappa shape index (κ2) is 9.25. The summed E-state index contributed by atoms with van der Waals surface area (Å²) in [6.45, 7) is 0.522. The summed E-state index contributed by atoms with van der Waals surface area (Å²) in [5.74, 6) is 1.46. The second-order valence-corrected chi connectivity index (χ2v) is 8.99. The zero-order chi connectivity index (χ0) is 19.2. The lowest BCUT2D eigenvalue weighted by atomic mass is 10.0. The van der Waals surface area contributed by atoms with E-state index in [4.69, 9.17) is 0 Å². The van der Waals surface area contributed by atoms with E-state index in [0.29, 0.717) is 23.1 Å². The third-order valence-electron chi connectivity index (χ3n) is 5.21. The van der Waals surface area contributed by atoms with Crippen molar-refractivity contribution < 1.29 is 21.6 Å². The van der Waals surface area contributed by atoms with Gasteiger partial charge < -0.3 is 10.6 Å². The molecule has 0 bridgehead atoms. The number of alkyl halides is 3. The standard InChI is InChI=1S/C16H29F3N4O2S/c1-20-15(21-10-4-7-13-5-2-3-6-13)22-14-8-11-23(12-9-14)26(24,25)16(17,18)19/h13-14H,2-12H2,1H3,(H2,20,21,22). The van der Waals surface area contributed by atoms with Crippen molar-refractivity contribution in [1.82, 2.24) is 14.9 Å². The molecule has 152 valence electrons. The minimum absolute atomic E-state index is 0.0873. The fourth-order valence-corrected chi connectivity index (χ4v) is 4.66. The maximum atomic E-state index is 12.6. The van der Waals surface area contributed by atoms with Gasteiger partial charge in [-0.2, -0.15) is 17.5 Å². The number of sulfonamides is 1. The summed E-state index contributed by atoms with van der Waals surface area (Å²) in [7, 11) is -3.57. The molecular weight excluding hydrogens is 369 g/mol. The lowest BCUT2D eigenvalue weighted by molar-refractivity contribution is -0.0494. The molecule has 0 spiro atoms. The van der Waals surface area contributed by atoms with E-state index in [1.165, 1.54) is 32.1 Å². The van der Waals surface area contributed by atoms with Crippen LogP contribution in [0, 0.1) is 5.92 Å². The summed E-state index contributed by atoms with van der Waals surface area (Å²) < 4.78 is 61.1. The Morgan fingerprint density at radius 1 is 1.15 bits per heavy atom. The molecule has 0 aromatic rings. The number of rotatable bonds is 6. The van der Waals surface area contributed by atoms with Gasteiger partial charge in [0.15, 0.2) is 5.96 Å². The highest BCUT2D eigenvalue weighted by Gasteiger charge is 2.50. The molecule has 0 aromatic heterocycles. The monoisotopic (exact) mass is 398 g/mol. The zero-order valence-electron chi connectivity index (χ0n) is 15.2. The molecule has 0 atom stereocenters. The first-order valence-electron chi connectivity index (χ1n) is 9.27. The summed E-state index contributed by atoms with van der Waals surface area (Å²) in [6.07, 6.45) is 8.23. The van der Waals surface area contributed by atoms with E-state index in [0.717, 1.165) is 18.9 Å². The smallest absolute Gasteiger partial charge is 0.356 e. The lowest BCUT2D eigenvalue weighted by Gasteiger charge is -2.32. The van der Waals surface area contributed by atoms with E-state index >= 15 is 0 Å². The molecule has 1 aliphatic carbocycles. The molecule has 2 rings (SSSR count). The first-order chi connectivity index (χ1) is 12.2. The molecule has 0 amide bonds. The molecule has 0 aromatic carbocycles. The lowest BCUT2D eigenvalue weighted by Crippen LogP contribution is -2.51. The molecule has 10 heteroatoms. The van der Waals surface area contributed by atoms with Crippen molar-refractivity contribution in [2.45, 2.75) is 62.9 Å². The van der Waals surface area contributed by atoms with E-state index in [2.05, 4.69) is 15.6 Å². The highest BCUT2D eigenvalue weighted by Crippen LogP contribution is 2.29. The first kappa shape index (κ1) is 21.3. The van der Waals surface area contributed by atoms with Crippen LogP contribution in [-0.4, -0.2) is 56.9 Å². The molecule has 0 unspecified atom stereocenters. The molecule has 1 aliphatic heterocycles. The Balaban J connectivity index is 1.69. The van der Waals surface area contributed by atoms with Crippen molar-refractivity contribution in [3.8, 4) is 0 Å². The van der Waals surface area contributed by atoms with Crippen LogP contribution in [0.1, 0.15) is 51.4 Å². The number of hydrogen-bond donors (Lipinski definition) is 2. The number of halogens is 3. The first-order valence-corrected chi connectivity index (χ1v) is 10.7. The molecule has 6 nitrogen and oxygen atoms in total. The van der Waals surface area contributed by atoms with Gasteiger partial charge in [-0.1, -0.05) is 25.7 Å². The molecule has 1 saturated heterocycles. The van der Waals surface area contributed by atoms with Crippen LogP contribution < -0.4 is 10.6 Å². The van der Waals surface area contributed by atoms with Gasteiger partial charge in [-0.3, -0.25) is 4.99 Å². The van der Waals surface area contributed by atoms with Gasteiger partial charge in [0.05, 0.1) is 0 Å². The fraction of sp³-hybridized carbons (Fsp3) is 0.938. The van der Waals surface area contributed by atoms with Crippen molar-refractivity contribution in [2.24, 2.45) is 10.9 Å². The van der Waals surface area contributed by atoms with Crippen LogP contribution >= 0.6 is 0 Å². The van der Waals surface area contributed by atoms with Crippen molar-refractivity contribution in [2.75, 3.05) is 26.7 Å². The third-order valence-corrected chi connectivity index (χ3v) is 6.84. The average Bonchev–Trinajstić information content (AvgIpc) is 3.10. The third kappa shape index (κ3) is 5.73. The van der Waals surface area contributed by atoms with E-state index in [1.807, 2.05) is 0 Å². The van der Waals surface area contributed by atoms with E-state index < -0.39 is 15.5 Å². The Hall–Kier alpha value is -1.03. The van der Waals surface area contributed by atoms with Gasteiger partial charge in [0.25, 0.3) is 0 Å². The predicted octanol–water partition coefficient (Wildman–Crippen LogP) is 2.44. The predicted molar refractivity (Wildman–Crippen MR) is 95.3 cm³/mol. The van der Waals surface area contributed by atoms with Crippen LogP contribution in [0.5, 0.6) is 0 Å². The van der Waals surface area contributed by atoms with Gasteiger partial charge in [-0.25, -0.2) is 8.42 Å². The van der Waals surface area contributed by atoms with Crippen LogP contribution in [0.2, 0.25) is 0 Å². The second-order valence-electron chi connectivity index (χ2n) is 7.06. The maximum Gasteiger partial charge on any atom is 0.511 e. The molecule has 2 aliphatic rings. The number of guanidine groups is 1. The molecule has 0 radical (unpaired) electrons. The normalized spacial score (nSPS) is 21.9. The zero-order valence-corrected chi connectivity index (χ0v) is 16.0. The maximum absolute atomic E-state index is 12.6. The minimum Gasteiger partial charge on any atom is -0.356 e. The number of hydrogen-bond acceptors (Lipinski definition) is 3. The SMILES string of the molecule is CN=C(NCCCC1CCCC1)NC1CCN(S(=O)(=O)C(F)(F)F)CC1. The number of aliphatic imine (C=N–C) groups is 1. The van der Waals surface area contributed by atoms with E-state index in [9.17, 15) is 21.6 Å². The largest absolute Gasteiger partial charge is 0.511 e. The minimum atomic E-state index is -5.23. The summed E-state index contributed by atoms with van der Waals surface area (Å²) in [5.41, 5.74) is -5.23. The summed E-state index contributed by atoms with van der Waals surface area (Å²) in [6, 6.07) is -0.0873. The Labute approximate surface area is 153 Å². The van der Waals surface area contributed by atoms with E-state index in [1.54, 1.807) is 7.05 Å². The Morgan fingerprint density at radius 3 is 2.31 bits per heavy atom. The fourth-order valence-electron chi connectivity index (χ4n) is 3.67. The quantitative estimate of drug-likeness (QED) is 0.409. The Bertz CT molecular complexity index is 567. The molecule has 26 heavy (non-hydrogen) atoms. The highest BCUT2D eigenvalue weighted by atomic mass is 32.2. The van der Waals surface area contributed by atoms with Crippen LogP contribution in [0.3, 0.4) is 0 Å². The average molecular weight is 398 g/mol. The Kier molecular flexibility index (Phi) is 7.57. The number of nitrogens with one attached hydrogen (secondary N) is 2. The van der Waals surface area contributed by atoms with Crippen molar-refractivity contribution >= 4 is 16.0 Å². The van der Waals surface area contributed by atoms with Crippen molar-refractivity contribution in [3.05, 3.63) is 0 Å². The van der Waals surface area contributed by atoms with Crippen LogP contribution in [0.25, 0.3) is 0 Å². The molecule has 2 N–H and O–H groups in total. The van der Waals surface area contributed by atoms with E-state index in [-0.39, 0.29) is 19.1 Å². The van der Waals surface area contributed by atoms with Gasteiger partial charge in [0.1, 0.15) is 0 Å². The number of piperidine rings is 1. The Morgan fingerprint density at radius 2 is 1.77 bits per heavy atom. The molecule has 2 fully saturated rings. The topological polar surface area (TPSA) is 73.8 Å². The number of nitrogens with zero attached hydrogens (tertiary/aromatic N) is 2. The molecular formula is C16H29F3N4O2S. The van der Waals surface area contributed by atoms with Gasteiger partial charge in [0, 0.05) is 32.7 Å². The summed E-state index contributed by atoms with van der Waals surface area (Å²) in [5, 5.41) is 6.41. The van der Waals surface area contributed by atoms with Crippen molar-refractivity contribution in [1.29, 1.82) is 0 Å². The summed E-state index contributed by atoms with van der Waals surface area (Å²) >= 11 is 0. The van der Waals surface area contributed by atoms with Crippen LogP contribution in [0.15, 0.2) is 4.99 Å². The van der Waals surface area contributed by atoms with Gasteiger partial charge in [-0.15, -0.1) is 0 Å². The van der Waals surface area contributed by atoms with Crippen LogP contribution in [0.4, 0.5) is 13.2 Å². The van der Waals surface area contributed by atoms with Gasteiger partial charge in [-0.05, 0) is 31.6 Å². The van der Waals surface area contributed by atoms with Crippen LogP contribution in [-0.2, 0) is 10.0 Å². The molecule has 1 heterocycles. The summed E-state index contributed by atoms with van der Waals surface area (Å²) in [4.78, 5) is 4.14. The highest BCUT2D eigenvalue weighted by molar-refractivity contribution is 7.90. The van der Waals surface area contributed by atoms with Crippen molar-refractivity contribution in [3.63, 3.8) is 0 Å². The van der Waals surface area contributed by atoms with Gasteiger partial charge in [0.2, 0.25) is 0 Å².